The van der Waals surface area contributed by atoms with E-state index in [0.717, 1.165) is 4.90 Å². The molecule has 0 fully saturated rings. The van der Waals surface area contributed by atoms with Crippen molar-refractivity contribution in [2.24, 2.45) is 0 Å². The topological polar surface area (TPSA) is 101 Å². The predicted octanol–water partition coefficient (Wildman–Crippen LogP) is 1.24. The minimum absolute atomic E-state index is 0.0944. The van der Waals surface area contributed by atoms with Crippen LogP contribution < -0.4 is 0 Å². The fourth-order valence-electron chi connectivity index (χ4n) is 1.64. The van der Waals surface area contributed by atoms with Gasteiger partial charge in [0.1, 0.15) is 6.54 Å². The van der Waals surface area contributed by atoms with Crippen LogP contribution in [0.4, 0.5) is 5.69 Å². The highest BCUT2D eigenvalue weighted by Crippen LogP contribution is 2.14. The van der Waals surface area contributed by atoms with Crippen molar-refractivity contribution >= 4 is 17.6 Å². The first-order valence-corrected chi connectivity index (χ1v) is 5.78. The van der Waals surface area contributed by atoms with E-state index in [4.69, 9.17) is 5.11 Å². The molecule has 0 aliphatic rings. The number of nitro benzene ring substituents is 1. The summed E-state index contributed by atoms with van der Waals surface area (Å²) < 4.78 is 0. The van der Waals surface area contributed by atoms with E-state index in [1.807, 2.05) is 0 Å². The Hall–Kier alpha value is -2.70. The summed E-state index contributed by atoms with van der Waals surface area (Å²) >= 11 is 0. The summed E-state index contributed by atoms with van der Waals surface area (Å²) in [6, 6.07) is 5.69. The third-order valence-corrected chi connectivity index (χ3v) is 2.51. The molecule has 0 saturated carbocycles. The molecule has 0 unspecified atom stereocenters. The first kappa shape index (κ1) is 15.4. The summed E-state index contributed by atoms with van der Waals surface area (Å²) in [6.45, 7) is 3.14. The van der Waals surface area contributed by atoms with Gasteiger partial charge in [-0.3, -0.25) is 19.7 Å². The molecule has 0 saturated heterocycles. The van der Waals surface area contributed by atoms with Crippen LogP contribution in [0.2, 0.25) is 0 Å². The summed E-state index contributed by atoms with van der Waals surface area (Å²) in [6.07, 6.45) is 1.33. The van der Waals surface area contributed by atoms with E-state index in [2.05, 4.69) is 6.58 Å². The molecular formula is C13H14N2O5. The second-order valence-electron chi connectivity index (χ2n) is 4.06. The molecule has 0 aliphatic carbocycles. The summed E-state index contributed by atoms with van der Waals surface area (Å²) in [5, 5.41) is 19.4. The Kier molecular flexibility index (Phi) is 5.40. The van der Waals surface area contributed by atoms with Gasteiger partial charge in [-0.15, -0.1) is 6.58 Å². The zero-order valence-corrected chi connectivity index (χ0v) is 10.7. The number of amides is 1. The van der Waals surface area contributed by atoms with Gasteiger partial charge in [-0.1, -0.05) is 18.2 Å². The minimum atomic E-state index is -1.13. The van der Waals surface area contributed by atoms with E-state index in [1.165, 1.54) is 24.3 Å². The van der Waals surface area contributed by atoms with Gasteiger partial charge in [-0.05, 0) is 5.56 Å². The van der Waals surface area contributed by atoms with Crippen molar-refractivity contribution in [3.05, 3.63) is 52.6 Å². The number of aliphatic carboxylic acids is 1. The van der Waals surface area contributed by atoms with Crippen molar-refractivity contribution < 1.29 is 19.6 Å². The third kappa shape index (κ3) is 4.52. The van der Waals surface area contributed by atoms with Crippen LogP contribution in [0.1, 0.15) is 5.56 Å². The SMILES string of the molecule is C=CCN(CC(=O)O)C(=O)Cc1cccc([N+](=O)[O-])c1. The lowest BCUT2D eigenvalue weighted by atomic mass is 10.1. The number of non-ortho nitro benzene ring substituents is 1. The van der Waals surface area contributed by atoms with Crippen molar-refractivity contribution in [1.82, 2.24) is 4.90 Å². The highest BCUT2D eigenvalue weighted by Gasteiger charge is 2.16. The molecule has 0 aromatic heterocycles. The lowest BCUT2D eigenvalue weighted by Crippen LogP contribution is -2.36. The second kappa shape index (κ2) is 7.03. The van der Waals surface area contributed by atoms with Crippen LogP contribution in [0.5, 0.6) is 0 Å². The van der Waals surface area contributed by atoms with E-state index >= 15 is 0 Å². The predicted molar refractivity (Wildman–Crippen MR) is 71.2 cm³/mol. The maximum atomic E-state index is 12.0. The second-order valence-corrected chi connectivity index (χ2v) is 4.06. The van der Waals surface area contributed by atoms with Crippen molar-refractivity contribution in [3.8, 4) is 0 Å². The molecule has 1 aromatic carbocycles. The number of hydrogen-bond acceptors (Lipinski definition) is 4. The summed E-state index contributed by atoms with van der Waals surface area (Å²) in [5.41, 5.74) is 0.354. The fourth-order valence-corrected chi connectivity index (χ4v) is 1.64. The Balaban J connectivity index is 2.81. The van der Waals surface area contributed by atoms with E-state index in [-0.39, 0.29) is 18.7 Å². The molecule has 0 heterocycles. The number of nitrogens with zero attached hydrogens (tertiary/aromatic N) is 2. The normalized spacial score (nSPS) is 9.80. The van der Waals surface area contributed by atoms with Crippen LogP contribution in [0.15, 0.2) is 36.9 Å². The Morgan fingerprint density at radius 3 is 2.70 bits per heavy atom. The zero-order valence-electron chi connectivity index (χ0n) is 10.7. The smallest absolute Gasteiger partial charge is 0.323 e. The monoisotopic (exact) mass is 278 g/mol. The van der Waals surface area contributed by atoms with Gasteiger partial charge in [0.25, 0.3) is 5.69 Å². The zero-order chi connectivity index (χ0) is 15.1. The van der Waals surface area contributed by atoms with Gasteiger partial charge < -0.3 is 10.0 Å². The number of carbonyl (C=O) groups is 2. The molecule has 0 bridgehead atoms. The van der Waals surface area contributed by atoms with Gasteiger partial charge in [-0.2, -0.15) is 0 Å². The molecular weight excluding hydrogens is 264 g/mol. The molecule has 20 heavy (non-hydrogen) atoms. The molecule has 0 aliphatic heterocycles. The number of nitro groups is 1. The van der Waals surface area contributed by atoms with Gasteiger partial charge in [0, 0.05) is 18.7 Å². The molecule has 7 nitrogen and oxygen atoms in total. The van der Waals surface area contributed by atoms with E-state index in [1.54, 1.807) is 6.07 Å². The fraction of sp³-hybridized carbons (Fsp3) is 0.231. The molecule has 1 rings (SSSR count). The van der Waals surface area contributed by atoms with Crippen LogP contribution in [0.25, 0.3) is 0 Å². The van der Waals surface area contributed by atoms with Crippen molar-refractivity contribution in [1.29, 1.82) is 0 Å². The lowest BCUT2D eigenvalue weighted by Gasteiger charge is -2.18. The summed E-state index contributed by atoms with van der Waals surface area (Å²) in [5.74, 6) is -1.55. The average Bonchev–Trinajstić information content (AvgIpc) is 2.38. The van der Waals surface area contributed by atoms with Gasteiger partial charge in [0.05, 0.1) is 11.3 Å². The highest BCUT2D eigenvalue weighted by atomic mass is 16.6. The van der Waals surface area contributed by atoms with Crippen molar-refractivity contribution in [2.75, 3.05) is 13.1 Å². The Bertz CT molecular complexity index is 541. The van der Waals surface area contributed by atoms with Crippen LogP contribution in [0.3, 0.4) is 0 Å². The molecule has 7 heteroatoms. The van der Waals surface area contributed by atoms with Gasteiger partial charge in [0.15, 0.2) is 0 Å². The van der Waals surface area contributed by atoms with Crippen molar-refractivity contribution in [2.45, 2.75) is 6.42 Å². The lowest BCUT2D eigenvalue weighted by molar-refractivity contribution is -0.384. The maximum absolute atomic E-state index is 12.0. The number of carbonyl (C=O) groups excluding carboxylic acids is 1. The maximum Gasteiger partial charge on any atom is 0.323 e. The first-order valence-electron chi connectivity index (χ1n) is 5.78. The van der Waals surface area contributed by atoms with E-state index in [0.29, 0.717) is 5.56 Å². The van der Waals surface area contributed by atoms with Gasteiger partial charge in [-0.25, -0.2) is 0 Å². The van der Waals surface area contributed by atoms with Gasteiger partial charge >= 0.3 is 5.97 Å². The molecule has 1 aromatic rings. The molecule has 106 valence electrons. The number of rotatable bonds is 7. The quantitative estimate of drug-likeness (QED) is 0.459. The van der Waals surface area contributed by atoms with Crippen LogP contribution in [-0.2, 0) is 16.0 Å². The largest absolute Gasteiger partial charge is 0.480 e. The Morgan fingerprint density at radius 2 is 2.15 bits per heavy atom. The molecule has 0 radical (unpaired) electrons. The number of hydrogen-bond donors (Lipinski definition) is 1. The van der Waals surface area contributed by atoms with E-state index < -0.39 is 23.3 Å². The number of benzene rings is 1. The van der Waals surface area contributed by atoms with Crippen molar-refractivity contribution in [3.63, 3.8) is 0 Å². The molecule has 0 atom stereocenters. The molecule has 1 amide bonds. The summed E-state index contributed by atoms with van der Waals surface area (Å²) in [7, 11) is 0. The third-order valence-electron chi connectivity index (χ3n) is 2.51. The minimum Gasteiger partial charge on any atom is -0.480 e. The molecule has 0 spiro atoms. The Morgan fingerprint density at radius 1 is 1.45 bits per heavy atom. The first-order chi connectivity index (χ1) is 9.43. The molecule has 1 N–H and O–H groups in total. The Labute approximate surface area is 115 Å². The van der Waals surface area contributed by atoms with E-state index in [9.17, 15) is 19.7 Å². The summed E-state index contributed by atoms with van der Waals surface area (Å²) in [4.78, 5) is 33.8. The average molecular weight is 278 g/mol. The van der Waals surface area contributed by atoms with Crippen LogP contribution in [0, 0.1) is 10.1 Å². The number of carboxylic acid groups (broad SMARTS) is 1. The number of carboxylic acids is 1. The highest BCUT2D eigenvalue weighted by molar-refractivity contribution is 5.83. The van der Waals surface area contributed by atoms with Crippen LogP contribution >= 0.6 is 0 Å². The standard InChI is InChI=1S/C13H14N2O5/c1-2-6-14(9-13(17)18)12(16)8-10-4-3-5-11(7-10)15(19)20/h2-5,7H,1,6,8-9H2,(H,17,18). The van der Waals surface area contributed by atoms with Gasteiger partial charge in [0.2, 0.25) is 5.91 Å². The van der Waals surface area contributed by atoms with Crippen LogP contribution in [-0.4, -0.2) is 39.9 Å².